The van der Waals surface area contributed by atoms with E-state index in [1.54, 1.807) is 39.2 Å². The fourth-order valence-electron chi connectivity index (χ4n) is 3.45. The van der Waals surface area contributed by atoms with Crippen LogP contribution in [0.1, 0.15) is 40.9 Å². The molecular weight excluding hydrogens is 461 g/mol. The quantitative estimate of drug-likeness (QED) is 0.320. The van der Waals surface area contributed by atoms with Crippen LogP contribution in [0.25, 0.3) is 0 Å². The number of hydrazone groups is 1. The van der Waals surface area contributed by atoms with Gasteiger partial charge in [-0.05, 0) is 66.4 Å². The molecule has 2 amide bonds. The monoisotopic (exact) mass is 491 g/mol. The minimum absolute atomic E-state index is 0.200. The van der Waals surface area contributed by atoms with Crippen molar-refractivity contribution in [2.45, 2.75) is 33.4 Å². The third-order valence-corrected chi connectivity index (χ3v) is 5.40. The lowest BCUT2D eigenvalue weighted by atomic mass is 10.0. The van der Waals surface area contributed by atoms with Crippen molar-refractivity contribution in [3.8, 4) is 11.5 Å². The van der Waals surface area contributed by atoms with Gasteiger partial charge in [0, 0.05) is 5.56 Å². The zero-order chi connectivity index (χ0) is 26.1. The summed E-state index contributed by atoms with van der Waals surface area (Å²) in [5.74, 6) is -0.468. The average Bonchev–Trinajstić information content (AvgIpc) is 2.86. The fourth-order valence-corrected chi connectivity index (χ4v) is 3.45. The Morgan fingerprint density at radius 2 is 1.78 bits per heavy atom. The standard InChI is InChI=1S/C28H30FN3O4/c1-18(2)26(31-27(33)22-9-11-23(29)12-10-22)28(34)32-30-16-20-8-13-24(25(15-20)35-4)36-17-21-7-5-6-19(3)14-21/h5-16,18,26H,17H2,1-4H3,(H,31,33)(H,32,34)/b30-16+. The first-order valence-corrected chi connectivity index (χ1v) is 11.5. The molecule has 1 atom stereocenters. The molecule has 0 heterocycles. The first-order valence-electron chi connectivity index (χ1n) is 11.5. The van der Waals surface area contributed by atoms with Crippen molar-refractivity contribution >= 4 is 18.0 Å². The van der Waals surface area contributed by atoms with E-state index >= 15 is 0 Å². The highest BCUT2D eigenvalue weighted by atomic mass is 19.1. The van der Waals surface area contributed by atoms with Crippen molar-refractivity contribution in [3.05, 3.63) is 94.8 Å². The highest BCUT2D eigenvalue weighted by Gasteiger charge is 2.24. The summed E-state index contributed by atoms with van der Waals surface area (Å²) in [5, 5.41) is 6.70. The summed E-state index contributed by atoms with van der Waals surface area (Å²) >= 11 is 0. The van der Waals surface area contributed by atoms with Crippen LogP contribution < -0.4 is 20.2 Å². The Morgan fingerprint density at radius 3 is 2.44 bits per heavy atom. The summed E-state index contributed by atoms with van der Waals surface area (Å²) in [6, 6.07) is 17.7. The second-order valence-corrected chi connectivity index (χ2v) is 8.62. The number of methoxy groups -OCH3 is 1. The minimum Gasteiger partial charge on any atom is -0.493 e. The van der Waals surface area contributed by atoms with Gasteiger partial charge in [-0.1, -0.05) is 43.7 Å². The maximum atomic E-state index is 13.1. The van der Waals surface area contributed by atoms with Crippen molar-refractivity contribution in [2.24, 2.45) is 11.0 Å². The smallest absolute Gasteiger partial charge is 0.262 e. The molecule has 8 heteroatoms. The second kappa shape index (κ2) is 12.5. The Labute approximate surface area is 210 Å². The summed E-state index contributed by atoms with van der Waals surface area (Å²) in [4.78, 5) is 25.1. The maximum absolute atomic E-state index is 13.1. The number of hydrogen-bond acceptors (Lipinski definition) is 5. The van der Waals surface area contributed by atoms with Gasteiger partial charge in [-0.3, -0.25) is 9.59 Å². The Balaban J connectivity index is 1.60. The third kappa shape index (κ3) is 7.40. The molecule has 0 spiro atoms. The summed E-state index contributed by atoms with van der Waals surface area (Å²) < 4.78 is 24.5. The van der Waals surface area contributed by atoms with E-state index in [0.29, 0.717) is 23.7 Å². The minimum atomic E-state index is -0.827. The van der Waals surface area contributed by atoms with Gasteiger partial charge in [-0.15, -0.1) is 0 Å². The summed E-state index contributed by atoms with van der Waals surface area (Å²) in [6.45, 7) is 6.04. The predicted octanol–water partition coefficient (Wildman–Crippen LogP) is 4.63. The Hall–Kier alpha value is -4.20. The number of rotatable bonds is 10. The van der Waals surface area contributed by atoms with E-state index in [0.717, 1.165) is 11.1 Å². The molecule has 0 fully saturated rings. The van der Waals surface area contributed by atoms with E-state index in [9.17, 15) is 14.0 Å². The van der Waals surface area contributed by atoms with Gasteiger partial charge in [0.2, 0.25) is 0 Å². The van der Waals surface area contributed by atoms with E-state index in [4.69, 9.17) is 9.47 Å². The van der Waals surface area contributed by atoms with Crippen molar-refractivity contribution < 1.29 is 23.5 Å². The zero-order valence-corrected chi connectivity index (χ0v) is 20.7. The number of hydrogen-bond donors (Lipinski definition) is 2. The Morgan fingerprint density at radius 1 is 1.03 bits per heavy atom. The van der Waals surface area contributed by atoms with Crippen LogP contribution >= 0.6 is 0 Å². The highest BCUT2D eigenvalue weighted by molar-refractivity contribution is 5.97. The number of carbonyl (C=O) groups excluding carboxylic acids is 2. The molecular formula is C28H30FN3O4. The van der Waals surface area contributed by atoms with E-state index < -0.39 is 23.7 Å². The Bertz CT molecular complexity index is 1230. The number of aryl methyl sites for hydroxylation is 1. The molecule has 0 saturated heterocycles. The number of carbonyl (C=O) groups is 2. The molecule has 1 unspecified atom stereocenters. The molecule has 2 N–H and O–H groups in total. The predicted molar refractivity (Wildman–Crippen MR) is 137 cm³/mol. The molecule has 0 saturated carbocycles. The van der Waals surface area contributed by atoms with Gasteiger partial charge in [0.1, 0.15) is 18.5 Å². The number of benzene rings is 3. The lowest BCUT2D eigenvalue weighted by Crippen LogP contribution is -2.48. The van der Waals surface area contributed by atoms with Crippen LogP contribution in [-0.4, -0.2) is 31.2 Å². The molecule has 0 bridgehead atoms. The van der Waals surface area contributed by atoms with Gasteiger partial charge in [-0.25, -0.2) is 9.82 Å². The Kier molecular flexibility index (Phi) is 9.16. The van der Waals surface area contributed by atoms with E-state index in [1.807, 2.05) is 25.1 Å². The number of amides is 2. The molecule has 188 valence electrons. The normalized spacial score (nSPS) is 11.8. The number of nitrogens with one attached hydrogen (secondary N) is 2. The molecule has 0 radical (unpaired) electrons. The van der Waals surface area contributed by atoms with Gasteiger partial charge in [0.25, 0.3) is 11.8 Å². The molecule has 0 aromatic heterocycles. The lowest BCUT2D eigenvalue weighted by molar-refractivity contribution is -0.123. The van der Waals surface area contributed by atoms with E-state index in [1.165, 1.54) is 30.5 Å². The SMILES string of the molecule is COc1cc(/C=N/NC(=O)C(NC(=O)c2ccc(F)cc2)C(C)C)ccc1OCc1cccc(C)c1. The van der Waals surface area contributed by atoms with Crippen LogP contribution in [0, 0.1) is 18.7 Å². The average molecular weight is 492 g/mol. The van der Waals surface area contributed by atoms with Crippen molar-refractivity contribution in [3.63, 3.8) is 0 Å². The van der Waals surface area contributed by atoms with Crippen LogP contribution in [0.2, 0.25) is 0 Å². The van der Waals surface area contributed by atoms with Crippen LogP contribution in [0.15, 0.2) is 71.8 Å². The first kappa shape index (κ1) is 26.4. The molecule has 7 nitrogen and oxygen atoms in total. The lowest BCUT2D eigenvalue weighted by Gasteiger charge is -2.20. The van der Waals surface area contributed by atoms with Crippen molar-refractivity contribution in [1.82, 2.24) is 10.7 Å². The summed E-state index contributed by atoms with van der Waals surface area (Å²) in [7, 11) is 1.55. The van der Waals surface area contributed by atoms with Crippen LogP contribution in [0.5, 0.6) is 11.5 Å². The molecule has 3 aromatic carbocycles. The molecule has 0 aliphatic rings. The fraction of sp³-hybridized carbons (Fsp3) is 0.250. The van der Waals surface area contributed by atoms with Gasteiger partial charge in [0.05, 0.1) is 13.3 Å². The highest BCUT2D eigenvalue weighted by Crippen LogP contribution is 2.28. The van der Waals surface area contributed by atoms with E-state index in [2.05, 4.69) is 21.9 Å². The molecule has 3 rings (SSSR count). The van der Waals surface area contributed by atoms with Crippen molar-refractivity contribution in [1.29, 1.82) is 0 Å². The van der Waals surface area contributed by atoms with Gasteiger partial charge >= 0.3 is 0 Å². The summed E-state index contributed by atoms with van der Waals surface area (Å²) in [5.41, 5.74) is 5.62. The number of ether oxygens (including phenoxy) is 2. The van der Waals surface area contributed by atoms with E-state index in [-0.39, 0.29) is 11.5 Å². The van der Waals surface area contributed by atoms with Crippen molar-refractivity contribution in [2.75, 3.05) is 7.11 Å². The molecule has 0 aliphatic heterocycles. The summed E-state index contributed by atoms with van der Waals surface area (Å²) in [6.07, 6.45) is 1.48. The van der Waals surface area contributed by atoms with Crippen LogP contribution in [-0.2, 0) is 11.4 Å². The van der Waals surface area contributed by atoms with Gasteiger partial charge in [-0.2, -0.15) is 5.10 Å². The molecule has 0 aliphatic carbocycles. The zero-order valence-electron chi connectivity index (χ0n) is 20.7. The molecule has 36 heavy (non-hydrogen) atoms. The third-order valence-electron chi connectivity index (χ3n) is 5.40. The van der Waals surface area contributed by atoms with Gasteiger partial charge in [0.15, 0.2) is 11.5 Å². The topological polar surface area (TPSA) is 89.0 Å². The van der Waals surface area contributed by atoms with Crippen LogP contribution in [0.3, 0.4) is 0 Å². The largest absolute Gasteiger partial charge is 0.493 e. The number of halogens is 1. The molecule has 3 aromatic rings. The first-order chi connectivity index (χ1) is 17.3. The van der Waals surface area contributed by atoms with Crippen LogP contribution in [0.4, 0.5) is 4.39 Å². The second-order valence-electron chi connectivity index (χ2n) is 8.62. The van der Waals surface area contributed by atoms with Gasteiger partial charge < -0.3 is 14.8 Å². The number of nitrogens with zero attached hydrogens (tertiary/aromatic N) is 1. The maximum Gasteiger partial charge on any atom is 0.262 e.